The molecule has 3 aliphatic heterocycles. The van der Waals surface area contributed by atoms with Crippen molar-refractivity contribution in [1.82, 2.24) is 20.7 Å². The number of piperidine rings is 1. The monoisotopic (exact) mass is 455 g/mol. The molecule has 0 saturated carbocycles. The van der Waals surface area contributed by atoms with Crippen LogP contribution in [0.3, 0.4) is 0 Å². The normalized spacial score (nSPS) is 25.8. The van der Waals surface area contributed by atoms with Crippen LogP contribution in [0, 0.1) is 17.7 Å². The zero-order valence-electron chi connectivity index (χ0n) is 19.4. The third-order valence-electron chi connectivity index (χ3n) is 6.65. The molecule has 1 aromatic rings. The zero-order valence-corrected chi connectivity index (χ0v) is 19.4. The van der Waals surface area contributed by atoms with Crippen LogP contribution >= 0.6 is 0 Å². The Hall–Kier alpha value is -2.98. The molecule has 0 aliphatic carbocycles. The van der Waals surface area contributed by atoms with Gasteiger partial charge in [-0.15, -0.1) is 0 Å². The van der Waals surface area contributed by atoms with Gasteiger partial charge < -0.3 is 16.0 Å². The van der Waals surface area contributed by atoms with Gasteiger partial charge in [-0.25, -0.2) is 5.01 Å². The highest BCUT2D eigenvalue weighted by Gasteiger charge is 2.56. The molecule has 3 saturated heterocycles. The molecule has 10 nitrogen and oxygen atoms in total. The van der Waals surface area contributed by atoms with Crippen LogP contribution in [0.15, 0.2) is 18.2 Å². The van der Waals surface area contributed by atoms with Gasteiger partial charge in [0.25, 0.3) is 11.8 Å². The molecule has 33 heavy (non-hydrogen) atoms. The number of benzene rings is 1. The van der Waals surface area contributed by atoms with Gasteiger partial charge in [-0.3, -0.25) is 30.5 Å². The Balaban J connectivity index is 1.42. The number of anilines is 1. The lowest BCUT2D eigenvalue weighted by molar-refractivity contribution is -0.141. The minimum atomic E-state index is -0.838. The lowest BCUT2D eigenvalue weighted by Crippen LogP contribution is -2.57. The molecule has 3 aliphatic rings. The van der Waals surface area contributed by atoms with Crippen LogP contribution in [-0.2, 0) is 14.4 Å². The highest BCUT2D eigenvalue weighted by Crippen LogP contribution is 2.34. The molecule has 0 unspecified atom stereocenters. The van der Waals surface area contributed by atoms with Gasteiger partial charge in [0, 0.05) is 30.4 Å². The number of primary amides is 1. The average molecular weight is 456 g/mol. The van der Waals surface area contributed by atoms with Crippen molar-refractivity contribution >= 4 is 29.1 Å². The van der Waals surface area contributed by atoms with E-state index in [9.17, 15) is 14.4 Å². The molecule has 178 valence electrons. The molecular weight excluding hydrogens is 422 g/mol. The number of hydrazine groups is 1. The van der Waals surface area contributed by atoms with Crippen molar-refractivity contribution < 1.29 is 14.4 Å². The van der Waals surface area contributed by atoms with E-state index in [1.165, 1.54) is 0 Å². The van der Waals surface area contributed by atoms with E-state index in [1.807, 2.05) is 11.9 Å². The number of carbonyl (C=O) groups is 3. The highest BCUT2D eigenvalue weighted by atomic mass is 16.2. The SMILES string of the molecule is Cc1ccc(C(=N)C(N)=O)c(NCC(=O)N2[C@@H]3N[C@@H]3C[C@H]2C(=O)NN2CCCC(C)(C)C2)c1. The fraction of sp³-hybridized carbons (Fsp3) is 0.565. The molecular formula is C23H33N7O3. The molecule has 3 amide bonds. The number of aryl methyl sites for hydroxylation is 1. The number of fused-ring (bicyclic) bond motifs is 1. The second kappa shape index (κ2) is 8.75. The lowest BCUT2D eigenvalue weighted by Gasteiger charge is -2.39. The second-order valence-corrected chi connectivity index (χ2v) is 10.1. The summed E-state index contributed by atoms with van der Waals surface area (Å²) in [7, 11) is 0. The summed E-state index contributed by atoms with van der Waals surface area (Å²) in [6.45, 7) is 7.80. The lowest BCUT2D eigenvalue weighted by atomic mass is 9.85. The molecule has 0 aromatic heterocycles. The molecule has 6 N–H and O–H groups in total. The van der Waals surface area contributed by atoms with Crippen molar-refractivity contribution in [3.63, 3.8) is 0 Å². The summed E-state index contributed by atoms with van der Waals surface area (Å²) in [5, 5.41) is 16.2. The summed E-state index contributed by atoms with van der Waals surface area (Å²) < 4.78 is 0. The van der Waals surface area contributed by atoms with Gasteiger partial charge in [0.2, 0.25) is 5.91 Å². The van der Waals surface area contributed by atoms with Gasteiger partial charge in [0.15, 0.2) is 0 Å². The Bertz CT molecular complexity index is 992. The number of carbonyl (C=O) groups excluding carboxylic acids is 3. The van der Waals surface area contributed by atoms with E-state index < -0.39 is 11.9 Å². The van der Waals surface area contributed by atoms with Crippen LogP contribution in [-0.4, -0.2) is 71.2 Å². The number of nitrogens with zero attached hydrogens (tertiary/aromatic N) is 2. The molecule has 0 radical (unpaired) electrons. The number of nitrogens with two attached hydrogens (primary N) is 1. The fourth-order valence-corrected chi connectivity index (χ4v) is 4.91. The van der Waals surface area contributed by atoms with Crippen molar-refractivity contribution in [3.8, 4) is 0 Å². The van der Waals surface area contributed by atoms with E-state index in [1.54, 1.807) is 23.1 Å². The molecule has 3 fully saturated rings. The summed E-state index contributed by atoms with van der Waals surface area (Å²) >= 11 is 0. The second-order valence-electron chi connectivity index (χ2n) is 10.1. The Morgan fingerprint density at radius 2 is 2.06 bits per heavy atom. The van der Waals surface area contributed by atoms with Crippen molar-refractivity contribution in [3.05, 3.63) is 29.3 Å². The van der Waals surface area contributed by atoms with Crippen LogP contribution in [0.25, 0.3) is 0 Å². The summed E-state index contributed by atoms with van der Waals surface area (Å²) in [6.07, 6.45) is 2.60. The maximum atomic E-state index is 13.2. The maximum Gasteiger partial charge on any atom is 0.267 e. The van der Waals surface area contributed by atoms with Crippen molar-refractivity contribution in [2.24, 2.45) is 11.1 Å². The highest BCUT2D eigenvalue weighted by molar-refractivity contribution is 6.44. The Morgan fingerprint density at radius 3 is 2.76 bits per heavy atom. The van der Waals surface area contributed by atoms with Crippen LogP contribution in [0.2, 0.25) is 0 Å². The largest absolute Gasteiger partial charge is 0.376 e. The van der Waals surface area contributed by atoms with Gasteiger partial charge >= 0.3 is 0 Å². The van der Waals surface area contributed by atoms with E-state index >= 15 is 0 Å². The topological polar surface area (TPSA) is 154 Å². The van der Waals surface area contributed by atoms with Gasteiger partial charge in [-0.05, 0) is 43.2 Å². The van der Waals surface area contributed by atoms with Gasteiger partial charge in [0.1, 0.15) is 11.8 Å². The number of hydrogen-bond donors (Lipinski definition) is 5. The predicted octanol–water partition coefficient (Wildman–Crippen LogP) is 0.312. The molecule has 3 atom stereocenters. The maximum absolute atomic E-state index is 13.2. The molecule has 3 heterocycles. The number of nitrogens with one attached hydrogen (secondary N) is 4. The van der Waals surface area contributed by atoms with Crippen LogP contribution in [0.5, 0.6) is 0 Å². The van der Waals surface area contributed by atoms with Gasteiger partial charge in [-0.1, -0.05) is 26.0 Å². The number of likely N-dealkylation sites (tertiary alicyclic amines) is 1. The predicted molar refractivity (Wildman–Crippen MR) is 124 cm³/mol. The quantitative estimate of drug-likeness (QED) is 0.295. The summed E-state index contributed by atoms with van der Waals surface area (Å²) in [6, 6.07) is 4.80. The first-order valence-corrected chi connectivity index (χ1v) is 11.4. The molecule has 4 rings (SSSR count). The average Bonchev–Trinajstić information content (AvgIpc) is 3.40. The van der Waals surface area contributed by atoms with Crippen LogP contribution in [0.1, 0.15) is 44.2 Å². The smallest absolute Gasteiger partial charge is 0.267 e. The van der Waals surface area contributed by atoms with Crippen molar-refractivity contribution in [2.45, 2.75) is 58.3 Å². The standard InChI is InChI=1S/C23H33N7O3/c1-13-5-6-14(19(24)20(25)32)15(9-13)26-11-18(31)30-17(10-16-21(30)27-16)22(33)28-29-8-4-7-23(2,3)12-29/h5-6,9,16-17,21,24,26-27H,4,7-8,10-12H2,1-3H3,(H2,25,32)(H,28,33)/t16-,17+,21+/m1/s1. The van der Waals surface area contributed by atoms with Gasteiger partial charge in [-0.2, -0.15) is 0 Å². The molecule has 1 aromatic carbocycles. The summed E-state index contributed by atoms with van der Waals surface area (Å²) in [4.78, 5) is 39.3. The summed E-state index contributed by atoms with van der Waals surface area (Å²) in [5.41, 5.74) is 9.88. The minimum absolute atomic E-state index is 0.0616. The Morgan fingerprint density at radius 1 is 1.30 bits per heavy atom. The summed E-state index contributed by atoms with van der Waals surface area (Å²) in [5.74, 6) is -1.21. The Labute approximate surface area is 193 Å². The van der Waals surface area contributed by atoms with Crippen molar-refractivity contribution in [2.75, 3.05) is 25.0 Å². The zero-order chi connectivity index (χ0) is 23.9. The number of rotatable bonds is 7. The fourth-order valence-electron chi connectivity index (χ4n) is 4.91. The molecule has 10 heteroatoms. The van der Waals surface area contributed by atoms with E-state index in [-0.39, 0.29) is 41.7 Å². The van der Waals surface area contributed by atoms with E-state index in [0.717, 1.165) is 31.5 Å². The van der Waals surface area contributed by atoms with E-state index in [2.05, 4.69) is 29.9 Å². The third-order valence-corrected chi connectivity index (χ3v) is 6.65. The minimum Gasteiger partial charge on any atom is -0.376 e. The first-order chi connectivity index (χ1) is 15.6. The first-order valence-electron chi connectivity index (χ1n) is 11.4. The molecule has 0 spiro atoms. The number of hydrogen-bond acceptors (Lipinski definition) is 7. The molecule has 0 bridgehead atoms. The van der Waals surface area contributed by atoms with Crippen molar-refractivity contribution in [1.29, 1.82) is 5.41 Å². The first kappa shape index (κ1) is 23.2. The Kier molecular flexibility index (Phi) is 6.15. The van der Waals surface area contributed by atoms with Crippen LogP contribution in [0.4, 0.5) is 5.69 Å². The van der Waals surface area contributed by atoms with E-state index in [4.69, 9.17) is 11.1 Å². The van der Waals surface area contributed by atoms with Crippen LogP contribution < -0.4 is 21.8 Å². The van der Waals surface area contributed by atoms with Gasteiger partial charge in [0.05, 0.1) is 12.7 Å². The van der Waals surface area contributed by atoms with E-state index in [0.29, 0.717) is 17.7 Å². The third kappa shape index (κ3) is 5.01. The number of amides is 3.